The average Bonchev–Trinajstić information content (AvgIpc) is 3.14. The molecule has 4 aromatic rings. The quantitative estimate of drug-likeness (QED) is 0.149. The lowest BCUT2D eigenvalue weighted by molar-refractivity contribution is 0.206. The summed E-state index contributed by atoms with van der Waals surface area (Å²) in [7, 11) is -5.84. The number of hydrogen-bond acceptors (Lipinski definition) is 13. The van der Waals surface area contributed by atoms with E-state index in [1.54, 1.807) is 0 Å². The molecule has 0 bridgehead atoms. The van der Waals surface area contributed by atoms with Crippen molar-refractivity contribution in [1.29, 1.82) is 0 Å². The number of halogens is 9. The first-order valence-electron chi connectivity index (χ1n) is 14.0. The minimum Gasteiger partial charge on any atom is -0.481 e. The van der Waals surface area contributed by atoms with E-state index >= 15 is 0 Å². The van der Waals surface area contributed by atoms with Gasteiger partial charge in [-0.3, -0.25) is 9.44 Å². The summed E-state index contributed by atoms with van der Waals surface area (Å²) in [5, 5.41) is 10.4. The van der Waals surface area contributed by atoms with Gasteiger partial charge in [0.1, 0.15) is 6.10 Å². The van der Waals surface area contributed by atoms with Crippen LogP contribution in [0.15, 0.2) is 36.4 Å². The molecule has 0 amide bonds. The molecule has 0 saturated heterocycles. The average molecular weight is 825 g/mol. The van der Waals surface area contributed by atoms with E-state index in [-0.39, 0.29) is 23.5 Å². The molecule has 2 atom stereocenters. The van der Waals surface area contributed by atoms with Gasteiger partial charge in [0.15, 0.2) is 41.1 Å². The number of aliphatic hydroxyl groups excluding tert-OH is 1. The lowest BCUT2D eigenvalue weighted by Crippen LogP contribution is -2.23. The van der Waals surface area contributed by atoms with E-state index in [9.17, 15) is 61.5 Å². The number of sulfonamides is 2. The molecule has 2 heterocycles. The third-order valence-corrected chi connectivity index (χ3v) is 8.40. The Hall–Kier alpha value is -5.37. The Balaban J connectivity index is 0.000000290. The Kier molecular flexibility index (Phi) is 14.1. The summed E-state index contributed by atoms with van der Waals surface area (Å²) in [5.41, 5.74) is -3.96. The van der Waals surface area contributed by atoms with Crippen molar-refractivity contribution in [3.8, 4) is 23.5 Å². The molecule has 15 nitrogen and oxygen atoms in total. The van der Waals surface area contributed by atoms with Crippen LogP contribution in [0.3, 0.4) is 0 Å². The van der Waals surface area contributed by atoms with Crippen LogP contribution in [0.25, 0.3) is 0 Å². The van der Waals surface area contributed by atoms with Crippen molar-refractivity contribution < 1.29 is 80.4 Å². The molecular weight excluding hydrogens is 799 g/mol. The van der Waals surface area contributed by atoms with Crippen LogP contribution in [0.2, 0.25) is 0 Å². The van der Waals surface area contributed by atoms with E-state index in [1.165, 1.54) is 45.3 Å². The second-order valence-electron chi connectivity index (χ2n) is 9.85. The van der Waals surface area contributed by atoms with Crippen molar-refractivity contribution in [1.82, 2.24) is 19.9 Å². The second kappa shape index (κ2) is 17.6. The van der Waals surface area contributed by atoms with E-state index in [2.05, 4.69) is 19.9 Å². The number of rotatable bonds is 14. The molecule has 296 valence electrons. The molecule has 0 spiro atoms. The zero-order valence-corrected chi connectivity index (χ0v) is 29.1. The molecule has 0 aliphatic rings. The number of aliphatic hydroxyl groups is 1. The maximum atomic E-state index is 14.9. The van der Waals surface area contributed by atoms with Gasteiger partial charge in [-0.25, -0.2) is 38.8 Å². The lowest BCUT2D eigenvalue weighted by Gasteiger charge is -2.17. The van der Waals surface area contributed by atoms with Gasteiger partial charge in [0, 0.05) is 11.1 Å². The minimum absolute atomic E-state index is 0.0619. The summed E-state index contributed by atoms with van der Waals surface area (Å²) < 4.78 is 187. The highest BCUT2D eigenvalue weighted by Crippen LogP contribution is 2.36. The molecule has 3 N–H and O–H groups in total. The Bertz CT molecular complexity index is 1990. The van der Waals surface area contributed by atoms with Gasteiger partial charge < -0.3 is 24.1 Å². The van der Waals surface area contributed by atoms with Crippen molar-refractivity contribution in [2.45, 2.75) is 23.8 Å². The summed E-state index contributed by atoms with van der Waals surface area (Å²) in [6, 6.07) is 4.98. The zero-order valence-electron chi connectivity index (χ0n) is 27.5. The third-order valence-electron chi connectivity index (χ3n) is 6.48. The van der Waals surface area contributed by atoms with Gasteiger partial charge in [-0.1, -0.05) is 12.1 Å². The molecule has 0 aliphatic heterocycles. The minimum atomic E-state index is -5.40. The van der Waals surface area contributed by atoms with Crippen LogP contribution < -0.4 is 28.4 Å². The number of benzene rings is 2. The van der Waals surface area contributed by atoms with Crippen LogP contribution in [0.4, 0.5) is 50.9 Å². The molecule has 2 aromatic carbocycles. The van der Waals surface area contributed by atoms with Crippen molar-refractivity contribution in [3.63, 3.8) is 0 Å². The largest absolute Gasteiger partial charge is 0.481 e. The number of aromatic nitrogens is 4. The Morgan fingerprint density at radius 3 is 1.26 bits per heavy atom. The van der Waals surface area contributed by atoms with Crippen LogP contribution in [0.5, 0.6) is 23.5 Å². The van der Waals surface area contributed by atoms with E-state index in [0.29, 0.717) is 18.2 Å². The maximum absolute atomic E-state index is 14.9. The third kappa shape index (κ3) is 9.98. The van der Waals surface area contributed by atoms with Gasteiger partial charge in [0.05, 0.1) is 51.9 Å². The van der Waals surface area contributed by atoms with E-state index in [0.717, 1.165) is 10.8 Å². The second-order valence-corrected chi connectivity index (χ2v) is 13.2. The molecule has 54 heavy (non-hydrogen) atoms. The van der Waals surface area contributed by atoms with Crippen molar-refractivity contribution >= 4 is 31.4 Å². The predicted octanol–water partition coefficient (Wildman–Crippen LogP) is 4.61. The molecule has 2 aromatic heterocycles. The van der Waals surface area contributed by atoms with Gasteiger partial charge >= 0.3 is 11.5 Å². The Labute approximate surface area is 299 Å². The maximum Gasteiger partial charge on any atom is 0.355 e. The first-order valence-corrected chi connectivity index (χ1v) is 17.1. The van der Waals surface area contributed by atoms with E-state index in [1.807, 2.05) is 0 Å². The number of nitrogens with zero attached hydrogens (tertiary/aromatic N) is 4. The first-order chi connectivity index (χ1) is 25.2. The molecule has 0 fully saturated rings. The van der Waals surface area contributed by atoms with E-state index < -0.39 is 101 Å². The van der Waals surface area contributed by atoms with Crippen LogP contribution in [-0.4, -0.2) is 81.8 Å². The van der Waals surface area contributed by atoms with Gasteiger partial charge in [0.2, 0.25) is 23.5 Å². The van der Waals surface area contributed by atoms with Crippen LogP contribution in [-0.2, 0) is 20.0 Å². The number of anilines is 2. The van der Waals surface area contributed by atoms with Crippen molar-refractivity contribution in [2.75, 3.05) is 37.9 Å². The number of alkyl halides is 5. The number of nitrogens with one attached hydrogen (secondary N) is 2. The Morgan fingerprint density at radius 1 is 0.574 bits per heavy atom. The summed E-state index contributed by atoms with van der Waals surface area (Å²) in [5.74, 6) is -16.1. The molecule has 0 radical (unpaired) electrons. The summed E-state index contributed by atoms with van der Waals surface area (Å²) in [4.78, 5) is 14.9. The standard InChI is InChI=1S/C14H12F5N3O4S.C14H13F4N3O5S/c1-25-8-5-9(26-2)21-13(20-8)10(16)6-3-4-7(15)11(17)12(6)22-27(23,24)14(18)19;1-25-8-5-9(26-2)20-13(19-8)12(22)6-3-4-7(15)10(16)11(6)21-27(23,24)14(17)18/h3-5,10,14,22H,1-2H3;3-5,12,14,21-22H,1-2H3. The molecule has 2 unspecified atom stereocenters. The molecule has 0 saturated carbocycles. The van der Waals surface area contributed by atoms with Gasteiger partial charge in [-0.2, -0.15) is 37.5 Å². The SMILES string of the molecule is COc1cc(OC)nc(C(F)c2ccc(F)c(F)c2NS(=O)(=O)C(F)F)n1.COc1cc(OC)nc(C(O)c2ccc(F)c(F)c2NS(=O)(=O)C(F)F)n1. The normalized spacial score (nSPS) is 12.7. The summed E-state index contributed by atoms with van der Waals surface area (Å²) >= 11 is 0. The zero-order chi connectivity index (χ0) is 40.7. The predicted molar refractivity (Wildman–Crippen MR) is 167 cm³/mol. The van der Waals surface area contributed by atoms with Gasteiger partial charge in [-0.05, 0) is 12.1 Å². The topological polar surface area (TPSA) is 201 Å². The fourth-order valence-corrected chi connectivity index (χ4v) is 5.09. The van der Waals surface area contributed by atoms with E-state index in [4.69, 9.17) is 18.9 Å². The monoisotopic (exact) mass is 824 g/mol. The lowest BCUT2D eigenvalue weighted by atomic mass is 10.1. The number of methoxy groups -OCH3 is 4. The molecule has 0 aliphatic carbocycles. The van der Waals surface area contributed by atoms with Crippen molar-refractivity contribution in [3.05, 3.63) is 82.4 Å². The van der Waals surface area contributed by atoms with Crippen LogP contribution in [0.1, 0.15) is 35.1 Å². The Morgan fingerprint density at radius 2 is 0.907 bits per heavy atom. The first kappa shape index (κ1) is 43.0. The summed E-state index contributed by atoms with van der Waals surface area (Å²) in [6.07, 6.45) is -4.36. The fourth-order valence-electron chi connectivity index (χ4n) is 3.93. The van der Waals surface area contributed by atoms with Crippen LogP contribution >= 0.6 is 0 Å². The smallest absolute Gasteiger partial charge is 0.355 e. The highest BCUT2D eigenvalue weighted by atomic mass is 32.2. The highest BCUT2D eigenvalue weighted by molar-refractivity contribution is 7.93. The van der Waals surface area contributed by atoms with Crippen molar-refractivity contribution in [2.24, 2.45) is 0 Å². The number of hydrogen-bond donors (Lipinski definition) is 3. The van der Waals surface area contributed by atoms with Gasteiger partial charge in [-0.15, -0.1) is 0 Å². The number of ether oxygens (including phenoxy) is 4. The molecular formula is C28H25F9N6O9S2. The molecule has 26 heteroatoms. The van der Waals surface area contributed by atoms with Gasteiger partial charge in [0.25, 0.3) is 20.0 Å². The summed E-state index contributed by atoms with van der Waals surface area (Å²) in [6.45, 7) is 0. The fraction of sp³-hybridized carbons (Fsp3) is 0.286. The van der Waals surface area contributed by atoms with Crippen LogP contribution in [0, 0.1) is 23.3 Å². The highest BCUT2D eigenvalue weighted by Gasteiger charge is 2.32. The molecule has 4 rings (SSSR count).